The summed E-state index contributed by atoms with van der Waals surface area (Å²) in [6, 6.07) is 12.4. The van der Waals surface area contributed by atoms with Gasteiger partial charge in [0.25, 0.3) is 10.2 Å². The molecule has 1 unspecified atom stereocenters. The van der Waals surface area contributed by atoms with Crippen molar-refractivity contribution < 1.29 is 27.5 Å². The molecule has 1 N–H and O–H groups in total. The van der Waals surface area contributed by atoms with Gasteiger partial charge in [0.1, 0.15) is 30.9 Å². The maximum absolute atomic E-state index is 13.1. The molecule has 3 aromatic rings. The van der Waals surface area contributed by atoms with Crippen molar-refractivity contribution in [3.63, 3.8) is 0 Å². The number of ether oxygens (including phenoxy) is 1. The average molecular weight is 514 g/mol. The smallest absolute Gasteiger partial charge is 0.318 e. The topological polar surface area (TPSA) is 113 Å². The van der Waals surface area contributed by atoms with Crippen LogP contribution < -0.4 is 4.74 Å². The van der Waals surface area contributed by atoms with Crippen LogP contribution in [0.25, 0.3) is 11.5 Å². The fraction of sp³-hybridized carbons (Fsp3) is 0.385. The summed E-state index contributed by atoms with van der Waals surface area (Å²) in [6.07, 6.45) is 3.12. The molecule has 0 amide bonds. The van der Waals surface area contributed by atoms with Gasteiger partial charge >= 0.3 is 5.97 Å². The van der Waals surface area contributed by atoms with Gasteiger partial charge in [0.05, 0.1) is 0 Å². The molecule has 10 heteroatoms. The van der Waals surface area contributed by atoms with Gasteiger partial charge in [-0.15, -0.1) is 0 Å². The maximum atomic E-state index is 13.1. The summed E-state index contributed by atoms with van der Waals surface area (Å²) in [5.74, 6) is -0.0801. The Bertz CT molecular complexity index is 1310. The van der Waals surface area contributed by atoms with Gasteiger partial charge in [-0.3, -0.25) is 4.79 Å². The Balaban J connectivity index is 1.43. The summed E-state index contributed by atoms with van der Waals surface area (Å²) in [4.78, 5) is 16.0. The molecule has 0 spiro atoms. The highest BCUT2D eigenvalue weighted by molar-refractivity contribution is 7.86. The third-order valence-electron chi connectivity index (χ3n) is 6.34. The summed E-state index contributed by atoms with van der Waals surface area (Å²) in [7, 11) is -3.89. The number of carbonyl (C=O) groups is 1. The van der Waals surface area contributed by atoms with Crippen molar-refractivity contribution in [3.05, 3.63) is 71.1 Å². The van der Waals surface area contributed by atoms with Crippen LogP contribution in [-0.2, 0) is 21.6 Å². The molecule has 1 aliphatic rings. The minimum atomic E-state index is -3.89. The van der Waals surface area contributed by atoms with Crippen molar-refractivity contribution in [2.45, 2.75) is 46.3 Å². The minimum Gasteiger partial charge on any atom is -0.487 e. The van der Waals surface area contributed by atoms with E-state index in [0.29, 0.717) is 36.0 Å². The number of nitrogens with zero attached hydrogens (tertiary/aromatic N) is 3. The van der Waals surface area contributed by atoms with E-state index in [2.05, 4.69) is 4.98 Å². The van der Waals surface area contributed by atoms with Crippen molar-refractivity contribution >= 4 is 16.2 Å². The molecule has 1 atom stereocenters. The number of benzene rings is 2. The Kier molecular flexibility index (Phi) is 7.77. The van der Waals surface area contributed by atoms with Crippen molar-refractivity contribution in [1.82, 2.24) is 13.6 Å². The van der Waals surface area contributed by atoms with Crippen LogP contribution in [0.15, 0.2) is 53.1 Å². The molecule has 0 radical (unpaired) electrons. The van der Waals surface area contributed by atoms with Crippen LogP contribution in [0.3, 0.4) is 0 Å². The van der Waals surface area contributed by atoms with E-state index in [1.54, 1.807) is 37.5 Å². The van der Waals surface area contributed by atoms with Gasteiger partial charge < -0.3 is 14.3 Å². The molecular formula is C26H31N3O6S. The van der Waals surface area contributed by atoms with Crippen LogP contribution in [0.2, 0.25) is 0 Å². The molecule has 1 fully saturated rings. The van der Waals surface area contributed by atoms with Gasteiger partial charge in [-0.2, -0.15) is 17.0 Å². The Morgan fingerprint density at radius 2 is 1.86 bits per heavy atom. The maximum Gasteiger partial charge on any atom is 0.318 e. The number of oxazole rings is 1. The third-order valence-corrected chi connectivity index (χ3v) is 8.39. The van der Waals surface area contributed by atoms with Crippen molar-refractivity contribution in [2.24, 2.45) is 0 Å². The van der Waals surface area contributed by atoms with E-state index in [-0.39, 0.29) is 6.61 Å². The first-order valence-electron chi connectivity index (χ1n) is 11.9. The largest absolute Gasteiger partial charge is 0.487 e. The third kappa shape index (κ3) is 5.77. The lowest BCUT2D eigenvalue weighted by Crippen LogP contribution is -2.45. The summed E-state index contributed by atoms with van der Waals surface area (Å²) in [5.41, 5.74) is 4.45. The van der Waals surface area contributed by atoms with E-state index in [1.807, 2.05) is 32.0 Å². The van der Waals surface area contributed by atoms with Crippen LogP contribution in [-0.4, -0.2) is 52.7 Å². The van der Waals surface area contributed by atoms with Gasteiger partial charge in [0.2, 0.25) is 5.89 Å². The Labute approximate surface area is 211 Å². The van der Waals surface area contributed by atoms with Crippen LogP contribution in [0.4, 0.5) is 0 Å². The summed E-state index contributed by atoms with van der Waals surface area (Å²) >= 11 is 0. The summed E-state index contributed by atoms with van der Waals surface area (Å²) in [6.45, 7) is 6.13. The molecule has 0 saturated carbocycles. The highest BCUT2D eigenvalue weighted by atomic mass is 32.2. The number of aromatic nitrogens is 1. The van der Waals surface area contributed by atoms with Crippen LogP contribution in [0.5, 0.6) is 5.75 Å². The molecule has 192 valence electrons. The first-order chi connectivity index (χ1) is 17.1. The fourth-order valence-corrected chi connectivity index (χ4v) is 6.06. The second-order valence-electron chi connectivity index (χ2n) is 9.05. The molecule has 0 aliphatic carbocycles. The number of rotatable bonds is 10. The molecule has 1 saturated heterocycles. The van der Waals surface area contributed by atoms with Crippen LogP contribution >= 0.6 is 0 Å². The van der Waals surface area contributed by atoms with Crippen molar-refractivity contribution in [1.29, 1.82) is 0 Å². The van der Waals surface area contributed by atoms with E-state index >= 15 is 0 Å². The first kappa shape index (κ1) is 25.9. The zero-order valence-corrected chi connectivity index (χ0v) is 21.5. The van der Waals surface area contributed by atoms with Gasteiger partial charge in [-0.05, 0) is 62.9 Å². The molecule has 2 heterocycles. The van der Waals surface area contributed by atoms with Crippen LogP contribution in [0.1, 0.15) is 48.2 Å². The standard InChI is InChI=1S/C26H31N3O6S/c1-18-6-7-19(2)24(14-18)26-27-22(17-35-26)16-34-23-10-8-21(9-11-23)20(3)29(15-25(30)31)36(32,33)28-12-4-5-13-28/h6-11,14,17,20H,4-5,12-13,15-16H2,1-3H3,(H,30,31). The summed E-state index contributed by atoms with van der Waals surface area (Å²) in [5, 5.41) is 9.35. The molecule has 4 rings (SSSR count). The monoisotopic (exact) mass is 513 g/mol. The average Bonchev–Trinajstić information content (AvgIpc) is 3.55. The van der Waals surface area contributed by atoms with E-state index in [0.717, 1.165) is 33.8 Å². The van der Waals surface area contributed by atoms with E-state index in [4.69, 9.17) is 9.15 Å². The number of aliphatic carboxylic acids is 1. The second kappa shape index (κ2) is 10.8. The predicted molar refractivity (Wildman–Crippen MR) is 135 cm³/mol. The number of carboxylic acid groups (broad SMARTS) is 1. The van der Waals surface area contributed by atoms with Crippen molar-refractivity contribution in [3.8, 4) is 17.2 Å². The number of aryl methyl sites for hydroxylation is 2. The van der Waals surface area contributed by atoms with E-state index in [1.165, 1.54) is 4.31 Å². The van der Waals surface area contributed by atoms with E-state index in [9.17, 15) is 18.3 Å². The SMILES string of the molecule is Cc1ccc(C)c(-c2nc(COc3ccc(C(C)N(CC(=O)O)S(=O)(=O)N4CCCC4)cc3)co2)c1. The minimum absolute atomic E-state index is 0.206. The first-order valence-corrected chi connectivity index (χ1v) is 13.3. The van der Waals surface area contributed by atoms with Gasteiger partial charge in [-0.25, -0.2) is 4.98 Å². The highest BCUT2D eigenvalue weighted by Crippen LogP contribution is 2.29. The Morgan fingerprint density at radius 3 is 2.53 bits per heavy atom. The molecule has 36 heavy (non-hydrogen) atoms. The van der Waals surface area contributed by atoms with Crippen LogP contribution in [0, 0.1) is 13.8 Å². The molecule has 0 bridgehead atoms. The Hall–Kier alpha value is -3.21. The lowest BCUT2D eigenvalue weighted by Gasteiger charge is -2.31. The van der Waals surface area contributed by atoms with Gasteiger partial charge in [0.15, 0.2) is 0 Å². The molecular weight excluding hydrogens is 482 g/mol. The highest BCUT2D eigenvalue weighted by Gasteiger charge is 2.36. The predicted octanol–water partition coefficient (Wildman–Crippen LogP) is 4.33. The molecule has 1 aromatic heterocycles. The number of hydrogen-bond donors (Lipinski definition) is 1. The zero-order valence-electron chi connectivity index (χ0n) is 20.7. The molecule has 1 aliphatic heterocycles. The number of carboxylic acids is 1. The normalized spacial score (nSPS) is 15.3. The van der Waals surface area contributed by atoms with E-state index < -0.39 is 28.8 Å². The lowest BCUT2D eigenvalue weighted by atomic mass is 10.1. The lowest BCUT2D eigenvalue weighted by molar-refractivity contribution is -0.137. The Morgan fingerprint density at radius 1 is 1.17 bits per heavy atom. The van der Waals surface area contributed by atoms with Crippen molar-refractivity contribution in [2.75, 3.05) is 19.6 Å². The second-order valence-corrected chi connectivity index (χ2v) is 10.9. The quantitative estimate of drug-likeness (QED) is 0.429. The fourth-order valence-electron chi connectivity index (χ4n) is 4.25. The van der Waals surface area contributed by atoms with Gasteiger partial charge in [-0.1, -0.05) is 29.8 Å². The number of hydrogen-bond acceptors (Lipinski definition) is 6. The molecule has 9 nitrogen and oxygen atoms in total. The molecule has 2 aromatic carbocycles. The van der Waals surface area contributed by atoms with Gasteiger partial charge in [0, 0.05) is 24.7 Å². The zero-order chi connectivity index (χ0) is 25.9. The summed E-state index contributed by atoms with van der Waals surface area (Å²) < 4.78 is 40.1.